The summed E-state index contributed by atoms with van der Waals surface area (Å²) < 4.78 is 5.86. The molecule has 2 rings (SSSR count). The standard InChI is InChI=1S/C13H18ClNO/c1-10-8-11(14)2-3-12(10)16-9-13(4-5-13)6-7-15/h2-3,8H,4-7,9,15H2,1H3. The number of benzene rings is 1. The smallest absolute Gasteiger partial charge is 0.122 e. The Bertz CT molecular complexity index is 374. The Morgan fingerprint density at radius 3 is 2.75 bits per heavy atom. The molecule has 0 atom stereocenters. The lowest BCUT2D eigenvalue weighted by Crippen LogP contribution is -2.17. The first-order valence-corrected chi connectivity index (χ1v) is 6.12. The molecule has 1 aromatic rings. The van der Waals surface area contributed by atoms with Crippen molar-refractivity contribution in [2.45, 2.75) is 26.2 Å². The van der Waals surface area contributed by atoms with E-state index >= 15 is 0 Å². The van der Waals surface area contributed by atoms with Crippen LogP contribution in [-0.2, 0) is 0 Å². The minimum absolute atomic E-state index is 0.362. The molecule has 0 aromatic heterocycles. The molecular formula is C13H18ClNO. The third-order valence-electron chi connectivity index (χ3n) is 3.30. The van der Waals surface area contributed by atoms with Gasteiger partial charge in [0.05, 0.1) is 6.61 Å². The average Bonchev–Trinajstić information content (AvgIpc) is 2.98. The van der Waals surface area contributed by atoms with E-state index in [4.69, 9.17) is 22.1 Å². The van der Waals surface area contributed by atoms with E-state index in [9.17, 15) is 0 Å². The Balaban J connectivity index is 1.94. The van der Waals surface area contributed by atoms with Crippen molar-refractivity contribution in [1.82, 2.24) is 0 Å². The second kappa shape index (κ2) is 4.64. The summed E-state index contributed by atoms with van der Waals surface area (Å²) in [5.41, 5.74) is 7.06. The van der Waals surface area contributed by atoms with Crippen LogP contribution in [0, 0.1) is 12.3 Å². The van der Waals surface area contributed by atoms with Crippen LogP contribution in [0.1, 0.15) is 24.8 Å². The number of ether oxygens (including phenoxy) is 1. The highest BCUT2D eigenvalue weighted by molar-refractivity contribution is 6.30. The topological polar surface area (TPSA) is 35.2 Å². The first kappa shape index (κ1) is 11.7. The van der Waals surface area contributed by atoms with E-state index in [0.29, 0.717) is 5.41 Å². The van der Waals surface area contributed by atoms with Crippen molar-refractivity contribution in [2.24, 2.45) is 11.1 Å². The first-order valence-electron chi connectivity index (χ1n) is 5.74. The third kappa shape index (κ3) is 2.69. The second-order valence-electron chi connectivity index (χ2n) is 4.74. The van der Waals surface area contributed by atoms with Crippen molar-refractivity contribution < 1.29 is 4.74 Å². The van der Waals surface area contributed by atoms with E-state index < -0.39 is 0 Å². The van der Waals surface area contributed by atoms with Crippen LogP contribution in [0.5, 0.6) is 5.75 Å². The van der Waals surface area contributed by atoms with Crippen molar-refractivity contribution >= 4 is 11.6 Å². The van der Waals surface area contributed by atoms with Gasteiger partial charge in [-0.2, -0.15) is 0 Å². The van der Waals surface area contributed by atoms with Crippen LogP contribution < -0.4 is 10.5 Å². The number of nitrogens with two attached hydrogens (primary N) is 1. The Hall–Kier alpha value is -0.730. The van der Waals surface area contributed by atoms with Crippen molar-refractivity contribution in [1.29, 1.82) is 0 Å². The molecule has 0 aliphatic heterocycles. The summed E-state index contributed by atoms with van der Waals surface area (Å²) in [6.07, 6.45) is 3.56. The number of aryl methyl sites for hydroxylation is 1. The largest absolute Gasteiger partial charge is 0.493 e. The molecule has 0 saturated heterocycles. The highest BCUT2D eigenvalue weighted by Gasteiger charge is 2.42. The van der Waals surface area contributed by atoms with Gasteiger partial charge in [0, 0.05) is 10.4 Å². The first-order chi connectivity index (χ1) is 7.65. The molecule has 0 spiro atoms. The Labute approximate surface area is 102 Å². The molecule has 1 fully saturated rings. The van der Waals surface area contributed by atoms with Gasteiger partial charge >= 0.3 is 0 Å². The van der Waals surface area contributed by atoms with Gasteiger partial charge in [-0.15, -0.1) is 0 Å². The molecule has 0 unspecified atom stereocenters. The zero-order valence-electron chi connectivity index (χ0n) is 9.63. The second-order valence-corrected chi connectivity index (χ2v) is 5.17. The van der Waals surface area contributed by atoms with Gasteiger partial charge in [-0.1, -0.05) is 11.6 Å². The highest BCUT2D eigenvalue weighted by atomic mass is 35.5. The van der Waals surface area contributed by atoms with Gasteiger partial charge in [-0.05, 0) is 56.5 Å². The van der Waals surface area contributed by atoms with Crippen LogP contribution >= 0.6 is 11.6 Å². The van der Waals surface area contributed by atoms with E-state index in [1.165, 1.54) is 12.8 Å². The summed E-state index contributed by atoms with van der Waals surface area (Å²) in [6.45, 7) is 3.55. The molecule has 1 aliphatic rings. The lowest BCUT2D eigenvalue weighted by atomic mass is 10.0. The Morgan fingerprint density at radius 1 is 1.44 bits per heavy atom. The van der Waals surface area contributed by atoms with Gasteiger partial charge in [0.2, 0.25) is 0 Å². The molecule has 1 saturated carbocycles. The van der Waals surface area contributed by atoms with Crippen LogP contribution in [0.15, 0.2) is 18.2 Å². The van der Waals surface area contributed by atoms with Crippen LogP contribution in [0.3, 0.4) is 0 Å². The number of rotatable bonds is 5. The van der Waals surface area contributed by atoms with E-state index in [0.717, 1.165) is 35.9 Å². The lowest BCUT2D eigenvalue weighted by molar-refractivity contribution is 0.226. The predicted octanol–water partition coefficient (Wildman–Crippen LogP) is 3.16. The van der Waals surface area contributed by atoms with E-state index in [2.05, 4.69) is 0 Å². The summed E-state index contributed by atoms with van der Waals surface area (Å²) in [5.74, 6) is 0.938. The third-order valence-corrected chi connectivity index (χ3v) is 3.54. The number of hydrogen-bond donors (Lipinski definition) is 1. The van der Waals surface area contributed by atoms with Crippen LogP contribution in [0.25, 0.3) is 0 Å². The van der Waals surface area contributed by atoms with Crippen LogP contribution in [0.4, 0.5) is 0 Å². The number of halogens is 1. The van der Waals surface area contributed by atoms with E-state index in [1.807, 2.05) is 25.1 Å². The fraction of sp³-hybridized carbons (Fsp3) is 0.538. The molecule has 3 heteroatoms. The average molecular weight is 240 g/mol. The Morgan fingerprint density at radius 2 is 2.19 bits per heavy atom. The molecule has 1 aliphatic carbocycles. The van der Waals surface area contributed by atoms with Crippen molar-refractivity contribution in [3.8, 4) is 5.75 Å². The summed E-state index contributed by atoms with van der Waals surface area (Å²) in [6, 6.07) is 5.74. The zero-order valence-corrected chi connectivity index (χ0v) is 10.4. The molecule has 16 heavy (non-hydrogen) atoms. The van der Waals surface area contributed by atoms with Gasteiger partial charge in [-0.3, -0.25) is 0 Å². The SMILES string of the molecule is Cc1cc(Cl)ccc1OCC1(CCN)CC1. The molecule has 0 heterocycles. The highest BCUT2D eigenvalue weighted by Crippen LogP contribution is 2.48. The Kier molecular flexibility index (Phi) is 3.41. The molecule has 2 N–H and O–H groups in total. The summed E-state index contributed by atoms with van der Waals surface area (Å²) >= 11 is 5.90. The predicted molar refractivity (Wildman–Crippen MR) is 67.0 cm³/mol. The molecule has 0 bridgehead atoms. The molecule has 1 aromatic carbocycles. The van der Waals surface area contributed by atoms with Crippen molar-refractivity contribution in [3.05, 3.63) is 28.8 Å². The van der Waals surface area contributed by atoms with Gasteiger partial charge in [0.1, 0.15) is 5.75 Å². The maximum Gasteiger partial charge on any atom is 0.122 e. The molecule has 0 amide bonds. The summed E-state index contributed by atoms with van der Waals surface area (Å²) in [5, 5.41) is 0.757. The van der Waals surface area contributed by atoms with Crippen molar-refractivity contribution in [3.63, 3.8) is 0 Å². The maximum absolute atomic E-state index is 5.90. The molecule has 2 nitrogen and oxygen atoms in total. The van der Waals surface area contributed by atoms with Gasteiger partial charge in [0.15, 0.2) is 0 Å². The molecule has 0 radical (unpaired) electrons. The van der Waals surface area contributed by atoms with Crippen molar-refractivity contribution in [2.75, 3.05) is 13.2 Å². The summed E-state index contributed by atoms with van der Waals surface area (Å²) in [7, 11) is 0. The fourth-order valence-electron chi connectivity index (χ4n) is 1.96. The molecule has 88 valence electrons. The lowest BCUT2D eigenvalue weighted by Gasteiger charge is -2.16. The maximum atomic E-state index is 5.90. The summed E-state index contributed by atoms with van der Waals surface area (Å²) in [4.78, 5) is 0. The normalized spacial score (nSPS) is 17.2. The minimum atomic E-state index is 0.362. The quantitative estimate of drug-likeness (QED) is 0.857. The van der Waals surface area contributed by atoms with Gasteiger partial charge in [-0.25, -0.2) is 0 Å². The number of hydrogen-bond acceptors (Lipinski definition) is 2. The molecular weight excluding hydrogens is 222 g/mol. The van der Waals surface area contributed by atoms with E-state index in [-0.39, 0.29) is 0 Å². The van der Waals surface area contributed by atoms with E-state index in [1.54, 1.807) is 0 Å². The fourth-order valence-corrected chi connectivity index (χ4v) is 2.18. The van der Waals surface area contributed by atoms with Gasteiger partial charge in [0.25, 0.3) is 0 Å². The zero-order chi connectivity index (χ0) is 11.6. The monoisotopic (exact) mass is 239 g/mol. The van der Waals surface area contributed by atoms with Crippen LogP contribution in [0.2, 0.25) is 5.02 Å². The minimum Gasteiger partial charge on any atom is -0.493 e. The van der Waals surface area contributed by atoms with Gasteiger partial charge < -0.3 is 10.5 Å². The van der Waals surface area contributed by atoms with Crippen LogP contribution in [-0.4, -0.2) is 13.2 Å².